The third-order valence-corrected chi connectivity index (χ3v) is 5.39. The Hall–Kier alpha value is -1.69. The van der Waals surface area contributed by atoms with E-state index < -0.39 is 5.41 Å². The second-order valence-electron chi connectivity index (χ2n) is 7.24. The molecule has 3 N–H and O–H groups in total. The molecule has 0 aliphatic rings. The van der Waals surface area contributed by atoms with Crippen molar-refractivity contribution >= 4 is 47.2 Å². The molecule has 0 aliphatic carbocycles. The fraction of sp³-hybridized carbons (Fsp3) is 0.579. The van der Waals surface area contributed by atoms with Crippen LogP contribution in [0.15, 0.2) is 22.5 Å². The fourth-order valence-corrected chi connectivity index (χ4v) is 3.17. The van der Waals surface area contributed by atoms with Crippen molar-refractivity contribution in [1.29, 1.82) is 0 Å². The quantitative estimate of drug-likeness (QED) is 0.261. The van der Waals surface area contributed by atoms with Crippen molar-refractivity contribution in [3.05, 3.63) is 34.0 Å². The summed E-state index contributed by atoms with van der Waals surface area (Å²) in [6.07, 6.45) is 0.918. The van der Waals surface area contributed by atoms with Gasteiger partial charge in [-0.3, -0.25) is 4.79 Å². The van der Waals surface area contributed by atoms with Crippen LogP contribution in [-0.2, 0) is 24.8 Å². The first kappa shape index (κ1) is 25.3. The standard InChI is InChI=1S/C19H31N7OS.HI/c1-6-20-17(27)19(3,4)13-23-18(21-10-9-15-8-7-11-28-15)22-12-16-25-24-14(2)26(16)5;/h7-8,11H,6,9-10,12-13H2,1-5H3,(H,20,27)(H2,21,22,23);1H. The number of aliphatic imine (C=N–C) groups is 1. The Labute approximate surface area is 194 Å². The van der Waals surface area contributed by atoms with E-state index in [0.29, 0.717) is 25.6 Å². The lowest BCUT2D eigenvalue weighted by molar-refractivity contribution is -0.128. The molecule has 2 aromatic heterocycles. The van der Waals surface area contributed by atoms with Crippen molar-refractivity contribution in [2.24, 2.45) is 17.5 Å². The number of carbonyl (C=O) groups excluding carboxylic acids is 1. The third kappa shape index (κ3) is 7.92. The Morgan fingerprint density at radius 3 is 2.62 bits per heavy atom. The number of guanidine groups is 1. The van der Waals surface area contributed by atoms with Crippen molar-refractivity contribution in [2.45, 2.75) is 40.7 Å². The number of hydrogen-bond donors (Lipinski definition) is 3. The van der Waals surface area contributed by atoms with Crippen LogP contribution in [0.1, 0.15) is 37.3 Å². The van der Waals surface area contributed by atoms with E-state index in [1.54, 1.807) is 11.3 Å². The number of aromatic nitrogens is 3. The number of nitrogens with one attached hydrogen (secondary N) is 3. The number of amides is 1. The van der Waals surface area contributed by atoms with Crippen LogP contribution in [0.3, 0.4) is 0 Å². The second-order valence-corrected chi connectivity index (χ2v) is 8.27. The van der Waals surface area contributed by atoms with E-state index in [2.05, 4.69) is 48.7 Å². The molecule has 2 heterocycles. The van der Waals surface area contributed by atoms with Crippen LogP contribution < -0.4 is 16.0 Å². The molecule has 8 nitrogen and oxygen atoms in total. The molecule has 0 fully saturated rings. The Balaban J connectivity index is 0.00000420. The average Bonchev–Trinajstić information content (AvgIpc) is 3.28. The summed E-state index contributed by atoms with van der Waals surface area (Å²) in [5.41, 5.74) is -0.548. The second kappa shape index (κ2) is 12.1. The molecule has 29 heavy (non-hydrogen) atoms. The molecule has 0 radical (unpaired) electrons. The number of aryl methyl sites for hydroxylation is 1. The van der Waals surface area contributed by atoms with Gasteiger partial charge in [-0.1, -0.05) is 6.07 Å². The zero-order valence-electron chi connectivity index (χ0n) is 17.8. The lowest BCUT2D eigenvalue weighted by atomic mass is 9.92. The summed E-state index contributed by atoms with van der Waals surface area (Å²) in [6.45, 7) is 9.92. The lowest BCUT2D eigenvalue weighted by Gasteiger charge is -2.25. The first-order chi connectivity index (χ1) is 13.3. The molecule has 0 aliphatic heterocycles. The van der Waals surface area contributed by atoms with Crippen LogP contribution in [0.4, 0.5) is 0 Å². The number of hydrogen-bond acceptors (Lipinski definition) is 5. The Morgan fingerprint density at radius 2 is 2.03 bits per heavy atom. The zero-order valence-corrected chi connectivity index (χ0v) is 20.9. The molecule has 0 spiro atoms. The molecular weight excluding hydrogens is 501 g/mol. The van der Waals surface area contributed by atoms with E-state index in [1.165, 1.54) is 4.88 Å². The van der Waals surface area contributed by atoms with Crippen LogP contribution in [0, 0.1) is 12.3 Å². The highest BCUT2D eigenvalue weighted by molar-refractivity contribution is 14.0. The van der Waals surface area contributed by atoms with E-state index in [9.17, 15) is 4.79 Å². The van der Waals surface area contributed by atoms with E-state index in [1.807, 2.05) is 39.3 Å². The zero-order chi connectivity index (χ0) is 20.6. The monoisotopic (exact) mass is 533 g/mol. The highest BCUT2D eigenvalue weighted by Gasteiger charge is 2.27. The number of halogens is 1. The van der Waals surface area contributed by atoms with Crippen molar-refractivity contribution in [3.8, 4) is 0 Å². The highest BCUT2D eigenvalue weighted by atomic mass is 127. The summed E-state index contributed by atoms with van der Waals surface area (Å²) in [6, 6.07) is 4.18. The summed E-state index contributed by atoms with van der Waals surface area (Å²) >= 11 is 1.74. The number of thiophene rings is 1. The van der Waals surface area contributed by atoms with Gasteiger partial charge in [-0.15, -0.1) is 45.5 Å². The molecule has 0 saturated heterocycles. The molecule has 0 aromatic carbocycles. The smallest absolute Gasteiger partial charge is 0.227 e. The van der Waals surface area contributed by atoms with Gasteiger partial charge in [0.1, 0.15) is 12.4 Å². The largest absolute Gasteiger partial charge is 0.356 e. The molecule has 0 saturated carbocycles. The van der Waals surface area contributed by atoms with Crippen molar-refractivity contribution in [3.63, 3.8) is 0 Å². The van der Waals surface area contributed by atoms with Gasteiger partial charge >= 0.3 is 0 Å². The summed E-state index contributed by atoms with van der Waals surface area (Å²) in [4.78, 5) is 18.2. The van der Waals surface area contributed by atoms with Crippen LogP contribution >= 0.6 is 35.3 Å². The van der Waals surface area contributed by atoms with Gasteiger partial charge in [0.2, 0.25) is 5.91 Å². The molecule has 1 amide bonds. The summed E-state index contributed by atoms with van der Waals surface area (Å²) in [7, 11) is 1.93. The average molecular weight is 533 g/mol. The molecule has 10 heteroatoms. The van der Waals surface area contributed by atoms with Crippen molar-refractivity contribution in [2.75, 3.05) is 19.6 Å². The van der Waals surface area contributed by atoms with Crippen molar-refractivity contribution in [1.82, 2.24) is 30.7 Å². The SMILES string of the molecule is CCNC(=O)C(C)(C)CNC(=NCc1nnc(C)n1C)NCCc1cccs1.I. The molecule has 2 rings (SSSR count). The summed E-state index contributed by atoms with van der Waals surface area (Å²) < 4.78 is 1.92. The van der Waals surface area contributed by atoms with E-state index in [0.717, 1.165) is 24.6 Å². The molecule has 0 bridgehead atoms. The molecule has 162 valence electrons. The minimum Gasteiger partial charge on any atom is -0.356 e. The Morgan fingerprint density at radius 1 is 1.28 bits per heavy atom. The summed E-state index contributed by atoms with van der Waals surface area (Å²) in [5.74, 6) is 2.32. The van der Waals surface area contributed by atoms with E-state index in [4.69, 9.17) is 0 Å². The minimum atomic E-state index is -0.548. The third-order valence-electron chi connectivity index (χ3n) is 4.46. The van der Waals surface area contributed by atoms with Gasteiger partial charge in [0.25, 0.3) is 0 Å². The maximum Gasteiger partial charge on any atom is 0.227 e. The predicted molar refractivity (Wildman–Crippen MR) is 129 cm³/mol. The van der Waals surface area contributed by atoms with Gasteiger partial charge in [0.15, 0.2) is 11.8 Å². The maximum atomic E-state index is 12.2. The Bertz CT molecular complexity index is 787. The van der Waals surface area contributed by atoms with Crippen LogP contribution in [0.2, 0.25) is 0 Å². The molecule has 0 atom stereocenters. The van der Waals surface area contributed by atoms with Crippen LogP contribution in [0.25, 0.3) is 0 Å². The first-order valence-corrected chi connectivity index (χ1v) is 10.4. The lowest BCUT2D eigenvalue weighted by Crippen LogP contribution is -2.48. The van der Waals surface area contributed by atoms with E-state index in [-0.39, 0.29) is 29.9 Å². The van der Waals surface area contributed by atoms with Gasteiger partial charge in [-0.2, -0.15) is 0 Å². The number of carbonyl (C=O) groups is 1. The summed E-state index contributed by atoms with van der Waals surface area (Å²) in [5, 5.41) is 19.8. The number of nitrogens with zero attached hydrogens (tertiary/aromatic N) is 4. The van der Waals surface area contributed by atoms with Crippen LogP contribution in [-0.4, -0.2) is 46.3 Å². The van der Waals surface area contributed by atoms with Gasteiger partial charge in [0.05, 0.1) is 5.41 Å². The predicted octanol–water partition coefficient (Wildman–Crippen LogP) is 2.24. The molecule has 0 unspecified atom stereocenters. The fourth-order valence-electron chi connectivity index (χ4n) is 2.46. The number of rotatable bonds is 9. The van der Waals surface area contributed by atoms with Crippen LogP contribution in [0.5, 0.6) is 0 Å². The van der Waals surface area contributed by atoms with Gasteiger partial charge in [-0.25, -0.2) is 4.99 Å². The molecule has 2 aromatic rings. The van der Waals surface area contributed by atoms with Gasteiger partial charge in [0, 0.05) is 31.6 Å². The van der Waals surface area contributed by atoms with Crippen molar-refractivity contribution < 1.29 is 4.79 Å². The Kier molecular flexibility index (Phi) is 10.6. The first-order valence-electron chi connectivity index (χ1n) is 9.51. The van der Waals surface area contributed by atoms with E-state index >= 15 is 0 Å². The minimum absolute atomic E-state index is 0. The normalized spacial score (nSPS) is 11.7. The van der Waals surface area contributed by atoms with Gasteiger partial charge in [-0.05, 0) is 45.6 Å². The molecular formula is C19H32IN7OS. The topological polar surface area (TPSA) is 96.2 Å². The van der Waals surface area contributed by atoms with Gasteiger partial charge < -0.3 is 20.5 Å². The maximum absolute atomic E-state index is 12.2. The highest BCUT2D eigenvalue weighted by Crippen LogP contribution is 2.13.